The molecule has 1 rings (SSSR count). The minimum absolute atomic E-state index is 0.0443. The van der Waals surface area contributed by atoms with Crippen molar-refractivity contribution in [2.24, 2.45) is 11.8 Å². The van der Waals surface area contributed by atoms with E-state index in [1.165, 1.54) is 7.11 Å². The number of carbonyl (C=O) groups is 1. The Labute approximate surface area is 69.1 Å². The molecule has 0 aromatic rings. The van der Waals surface area contributed by atoms with Gasteiger partial charge in [0.2, 0.25) is 0 Å². The van der Waals surface area contributed by atoms with Crippen LogP contribution in [0.4, 0.5) is 0 Å². The first kappa shape index (κ1) is 8.05. The van der Waals surface area contributed by atoms with Crippen LogP contribution in [-0.4, -0.2) is 18.4 Å². The quantitative estimate of drug-likeness (QED) is 0.507. The monoisotopic (exact) mass is 206 g/mol. The molecule has 0 heterocycles. The van der Waals surface area contributed by atoms with Gasteiger partial charge in [0.1, 0.15) is 0 Å². The van der Waals surface area contributed by atoms with Gasteiger partial charge < -0.3 is 4.74 Å². The molecule has 0 radical (unpaired) electrons. The highest BCUT2D eigenvalue weighted by Gasteiger charge is 2.34. The van der Waals surface area contributed by atoms with Crippen molar-refractivity contribution in [3.8, 4) is 0 Å². The minimum atomic E-state index is -0.0443. The summed E-state index contributed by atoms with van der Waals surface area (Å²) in [5, 5.41) is 1.01. The van der Waals surface area contributed by atoms with Gasteiger partial charge in [-0.15, -0.1) is 0 Å². The van der Waals surface area contributed by atoms with Crippen LogP contribution in [0.1, 0.15) is 12.8 Å². The summed E-state index contributed by atoms with van der Waals surface area (Å²) in [4.78, 5) is 10.8. The molecular formula is C7H11BrO2. The standard InChI is InChI=1S/C7H11BrO2/c1-10-7(9)6-2-5(3-6)4-8/h5-6H,2-4H2,1H3. The fourth-order valence-corrected chi connectivity index (χ4v) is 1.75. The molecule has 58 valence electrons. The third-order valence-electron chi connectivity index (χ3n) is 1.99. The van der Waals surface area contributed by atoms with E-state index in [2.05, 4.69) is 20.7 Å². The van der Waals surface area contributed by atoms with Crippen LogP contribution in [0.15, 0.2) is 0 Å². The van der Waals surface area contributed by atoms with Crippen molar-refractivity contribution >= 4 is 21.9 Å². The summed E-state index contributed by atoms with van der Waals surface area (Å²) in [5.41, 5.74) is 0. The predicted octanol–water partition coefficient (Wildman–Crippen LogP) is 1.58. The molecule has 3 heteroatoms. The van der Waals surface area contributed by atoms with Crippen LogP contribution in [-0.2, 0) is 9.53 Å². The van der Waals surface area contributed by atoms with Crippen molar-refractivity contribution in [3.63, 3.8) is 0 Å². The van der Waals surface area contributed by atoms with Gasteiger partial charge in [0.15, 0.2) is 0 Å². The number of rotatable bonds is 2. The number of methoxy groups -OCH3 is 1. The maximum Gasteiger partial charge on any atom is 0.308 e. The van der Waals surface area contributed by atoms with Crippen molar-refractivity contribution in [3.05, 3.63) is 0 Å². The molecule has 0 amide bonds. The van der Waals surface area contributed by atoms with E-state index in [1.807, 2.05) is 0 Å². The van der Waals surface area contributed by atoms with Gasteiger partial charge in [-0.05, 0) is 18.8 Å². The molecule has 0 saturated heterocycles. The van der Waals surface area contributed by atoms with E-state index < -0.39 is 0 Å². The fourth-order valence-electron chi connectivity index (χ4n) is 1.22. The maximum absolute atomic E-state index is 10.8. The van der Waals surface area contributed by atoms with E-state index in [1.54, 1.807) is 0 Å². The molecule has 0 N–H and O–H groups in total. The van der Waals surface area contributed by atoms with E-state index in [4.69, 9.17) is 0 Å². The highest BCUT2D eigenvalue weighted by molar-refractivity contribution is 9.09. The van der Waals surface area contributed by atoms with E-state index >= 15 is 0 Å². The highest BCUT2D eigenvalue weighted by Crippen LogP contribution is 2.35. The van der Waals surface area contributed by atoms with Crippen LogP contribution < -0.4 is 0 Å². The Morgan fingerprint density at radius 2 is 2.30 bits per heavy atom. The first-order valence-corrected chi connectivity index (χ1v) is 4.54. The van der Waals surface area contributed by atoms with Gasteiger partial charge >= 0.3 is 5.97 Å². The minimum Gasteiger partial charge on any atom is -0.469 e. The molecule has 1 fully saturated rings. The number of alkyl halides is 1. The van der Waals surface area contributed by atoms with Crippen LogP contribution in [0.2, 0.25) is 0 Å². The van der Waals surface area contributed by atoms with Gasteiger partial charge in [-0.1, -0.05) is 15.9 Å². The van der Waals surface area contributed by atoms with E-state index in [-0.39, 0.29) is 11.9 Å². The summed E-state index contributed by atoms with van der Waals surface area (Å²) >= 11 is 3.37. The van der Waals surface area contributed by atoms with Crippen molar-refractivity contribution in [1.29, 1.82) is 0 Å². The molecule has 1 aliphatic carbocycles. The van der Waals surface area contributed by atoms with Gasteiger partial charge in [0.25, 0.3) is 0 Å². The van der Waals surface area contributed by atoms with Crippen LogP contribution in [0, 0.1) is 11.8 Å². The molecule has 0 atom stereocenters. The zero-order valence-electron chi connectivity index (χ0n) is 5.97. The average Bonchev–Trinajstić information content (AvgIpc) is 1.85. The van der Waals surface area contributed by atoms with Crippen molar-refractivity contribution in [2.45, 2.75) is 12.8 Å². The largest absolute Gasteiger partial charge is 0.469 e. The summed E-state index contributed by atoms with van der Waals surface area (Å²) in [7, 11) is 1.45. The van der Waals surface area contributed by atoms with Gasteiger partial charge in [-0.2, -0.15) is 0 Å². The van der Waals surface area contributed by atoms with Gasteiger partial charge in [0.05, 0.1) is 13.0 Å². The topological polar surface area (TPSA) is 26.3 Å². The maximum atomic E-state index is 10.8. The second kappa shape index (κ2) is 3.37. The van der Waals surface area contributed by atoms with Crippen molar-refractivity contribution in [1.82, 2.24) is 0 Å². The Bertz CT molecular complexity index is 130. The highest BCUT2D eigenvalue weighted by atomic mass is 79.9. The van der Waals surface area contributed by atoms with E-state index in [0.717, 1.165) is 18.2 Å². The molecule has 0 bridgehead atoms. The lowest BCUT2D eigenvalue weighted by molar-refractivity contribution is -0.149. The van der Waals surface area contributed by atoms with Gasteiger partial charge in [-0.25, -0.2) is 0 Å². The average molecular weight is 207 g/mol. The Balaban J connectivity index is 2.19. The van der Waals surface area contributed by atoms with Crippen LogP contribution in [0.25, 0.3) is 0 Å². The molecule has 1 aliphatic rings. The zero-order valence-corrected chi connectivity index (χ0v) is 7.56. The number of carbonyl (C=O) groups excluding carboxylic acids is 1. The Kier molecular flexibility index (Phi) is 2.72. The molecule has 0 aliphatic heterocycles. The molecule has 1 saturated carbocycles. The number of hydrogen-bond acceptors (Lipinski definition) is 2. The third-order valence-corrected chi connectivity index (χ3v) is 2.90. The lowest BCUT2D eigenvalue weighted by atomic mass is 9.76. The molecule has 0 spiro atoms. The molecule has 10 heavy (non-hydrogen) atoms. The Morgan fingerprint density at radius 3 is 2.70 bits per heavy atom. The Hall–Kier alpha value is -0.0500. The van der Waals surface area contributed by atoms with Crippen LogP contribution >= 0.6 is 15.9 Å². The number of ether oxygens (including phenoxy) is 1. The SMILES string of the molecule is COC(=O)C1CC(CBr)C1. The zero-order chi connectivity index (χ0) is 7.56. The summed E-state index contributed by atoms with van der Waals surface area (Å²) in [6, 6.07) is 0. The molecule has 0 aromatic heterocycles. The Morgan fingerprint density at radius 1 is 1.70 bits per heavy atom. The summed E-state index contributed by atoms with van der Waals surface area (Å²) in [6.07, 6.45) is 2.00. The fraction of sp³-hybridized carbons (Fsp3) is 0.857. The lowest BCUT2D eigenvalue weighted by Crippen LogP contribution is -2.31. The van der Waals surface area contributed by atoms with Crippen LogP contribution in [0.3, 0.4) is 0 Å². The van der Waals surface area contributed by atoms with Crippen molar-refractivity contribution in [2.75, 3.05) is 12.4 Å². The molecule has 2 nitrogen and oxygen atoms in total. The number of halogens is 1. The predicted molar refractivity (Wildman–Crippen MR) is 42.0 cm³/mol. The second-order valence-electron chi connectivity index (χ2n) is 2.71. The van der Waals surface area contributed by atoms with Crippen LogP contribution in [0.5, 0.6) is 0 Å². The summed E-state index contributed by atoms with van der Waals surface area (Å²) in [6.45, 7) is 0. The van der Waals surface area contributed by atoms with E-state index in [0.29, 0.717) is 5.92 Å². The molecule has 0 unspecified atom stereocenters. The normalized spacial score (nSPS) is 31.0. The molecular weight excluding hydrogens is 196 g/mol. The number of esters is 1. The number of hydrogen-bond donors (Lipinski definition) is 0. The second-order valence-corrected chi connectivity index (χ2v) is 3.36. The molecule has 0 aromatic carbocycles. The first-order chi connectivity index (χ1) is 4.77. The smallest absolute Gasteiger partial charge is 0.308 e. The first-order valence-electron chi connectivity index (χ1n) is 3.41. The van der Waals surface area contributed by atoms with Gasteiger partial charge in [-0.3, -0.25) is 4.79 Å². The third kappa shape index (κ3) is 1.51. The summed E-state index contributed by atoms with van der Waals surface area (Å²) in [5.74, 6) is 0.842. The van der Waals surface area contributed by atoms with E-state index in [9.17, 15) is 4.79 Å². The van der Waals surface area contributed by atoms with Crippen molar-refractivity contribution < 1.29 is 9.53 Å². The lowest BCUT2D eigenvalue weighted by Gasteiger charge is -2.31. The van der Waals surface area contributed by atoms with Gasteiger partial charge in [0, 0.05) is 5.33 Å². The summed E-state index contributed by atoms with van der Waals surface area (Å²) < 4.78 is 4.59.